The van der Waals surface area contributed by atoms with Crippen molar-refractivity contribution < 1.29 is 9.90 Å². The van der Waals surface area contributed by atoms with Crippen molar-refractivity contribution in [3.05, 3.63) is 21.9 Å². The van der Waals surface area contributed by atoms with Crippen LogP contribution in [0.1, 0.15) is 43.4 Å². The molecule has 1 amide bonds. The summed E-state index contributed by atoms with van der Waals surface area (Å²) >= 11 is 1.74. The monoisotopic (exact) mass is 324 g/mol. The number of aryl methyl sites for hydroxylation is 1. The van der Waals surface area contributed by atoms with Gasteiger partial charge in [0.2, 0.25) is 0 Å². The molecule has 124 valence electrons. The largest absolute Gasteiger partial charge is 0.379 e. The van der Waals surface area contributed by atoms with Crippen LogP contribution in [0.2, 0.25) is 0 Å². The Labute approximate surface area is 137 Å². The number of nitrogens with zero attached hydrogens (tertiary/aromatic N) is 1. The number of carbonyl (C=O) groups is 1. The summed E-state index contributed by atoms with van der Waals surface area (Å²) in [5.41, 5.74) is -1.20. The second-order valence-corrected chi connectivity index (χ2v) is 8.91. The van der Waals surface area contributed by atoms with E-state index in [4.69, 9.17) is 0 Å². The quantitative estimate of drug-likeness (QED) is 0.875. The lowest BCUT2D eigenvalue weighted by Gasteiger charge is -2.41. The fraction of sp³-hybridized carbons (Fsp3) is 0.706. The molecule has 1 aromatic heterocycles. The summed E-state index contributed by atoms with van der Waals surface area (Å²) in [4.78, 5) is 16.9. The van der Waals surface area contributed by atoms with Crippen LogP contribution in [0.5, 0.6) is 0 Å². The normalized spacial score (nSPS) is 23.1. The Morgan fingerprint density at radius 2 is 2.14 bits per heavy atom. The summed E-state index contributed by atoms with van der Waals surface area (Å²) in [6.45, 7) is 10.9. The molecule has 1 aromatic rings. The molecule has 0 aliphatic carbocycles. The van der Waals surface area contributed by atoms with Gasteiger partial charge in [0, 0.05) is 35.9 Å². The van der Waals surface area contributed by atoms with Gasteiger partial charge in [0.15, 0.2) is 5.60 Å². The van der Waals surface area contributed by atoms with Crippen LogP contribution >= 0.6 is 11.3 Å². The van der Waals surface area contributed by atoms with Crippen LogP contribution in [0.3, 0.4) is 0 Å². The van der Waals surface area contributed by atoms with Gasteiger partial charge in [0.25, 0.3) is 5.91 Å². The first-order chi connectivity index (χ1) is 10.2. The van der Waals surface area contributed by atoms with E-state index in [1.54, 1.807) is 11.3 Å². The van der Waals surface area contributed by atoms with Gasteiger partial charge in [-0.2, -0.15) is 0 Å². The Bertz CT molecular complexity index is 521. The van der Waals surface area contributed by atoms with Gasteiger partial charge in [-0.05, 0) is 37.3 Å². The van der Waals surface area contributed by atoms with Gasteiger partial charge in [-0.1, -0.05) is 20.8 Å². The summed E-state index contributed by atoms with van der Waals surface area (Å²) in [6, 6.07) is 4.18. The van der Waals surface area contributed by atoms with Crippen molar-refractivity contribution in [3.8, 4) is 0 Å². The van der Waals surface area contributed by atoms with Crippen LogP contribution in [0, 0.1) is 12.3 Å². The topological polar surface area (TPSA) is 52.6 Å². The number of thiophene rings is 1. The summed E-state index contributed by atoms with van der Waals surface area (Å²) in [5.74, 6) is -0.122. The highest BCUT2D eigenvalue weighted by molar-refractivity contribution is 7.11. The number of amides is 1. The molecule has 0 spiro atoms. The van der Waals surface area contributed by atoms with Crippen molar-refractivity contribution in [1.29, 1.82) is 0 Å². The van der Waals surface area contributed by atoms with Crippen molar-refractivity contribution in [2.75, 3.05) is 19.6 Å². The van der Waals surface area contributed by atoms with Crippen LogP contribution in [0.15, 0.2) is 12.1 Å². The molecule has 1 fully saturated rings. The second-order valence-electron chi connectivity index (χ2n) is 7.54. The Kier molecular flexibility index (Phi) is 5.30. The third-order valence-corrected chi connectivity index (χ3v) is 4.88. The minimum Gasteiger partial charge on any atom is -0.379 e. The second kappa shape index (κ2) is 6.69. The lowest BCUT2D eigenvalue weighted by atomic mass is 9.88. The number of carbonyl (C=O) groups excluding carboxylic acids is 1. The minimum absolute atomic E-state index is 0.0514. The molecule has 2 heterocycles. The van der Waals surface area contributed by atoms with Crippen LogP contribution in [-0.2, 0) is 11.3 Å². The van der Waals surface area contributed by atoms with Gasteiger partial charge in [-0.25, -0.2) is 0 Å². The SMILES string of the molecule is Cc1ccc(CNC[C@@]2(O)CCCN(CC(C)(C)C)C2=O)s1. The maximum atomic E-state index is 12.6. The molecule has 1 atom stereocenters. The maximum Gasteiger partial charge on any atom is 0.255 e. The van der Waals surface area contributed by atoms with Gasteiger partial charge < -0.3 is 15.3 Å². The van der Waals surface area contributed by atoms with Gasteiger partial charge in [0.05, 0.1) is 0 Å². The van der Waals surface area contributed by atoms with E-state index in [-0.39, 0.29) is 11.3 Å². The van der Waals surface area contributed by atoms with Crippen LogP contribution in [0.25, 0.3) is 0 Å². The first-order valence-electron chi connectivity index (χ1n) is 7.97. The molecule has 5 heteroatoms. The van der Waals surface area contributed by atoms with E-state index in [9.17, 15) is 9.90 Å². The highest BCUT2D eigenvalue weighted by Gasteiger charge is 2.42. The number of rotatable bonds is 5. The van der Waals surface area contributed by atoms with Crippen molar-refractivity contribution in [2.24, 2.45) is 5.41 Å². The third kappa shape index (κ3) is 4.54. The number of likely N-dealkylation sites (tertiary alicyclic amines) is 1. The van der Waals surface area contributed by atoms with E-state index in [2.05, 4.69) is 45.1 Å². The highest BCUT2D eigenvalue weighted by atomic mass is 32.1. The van der Waals surface area contributed by atoms with Gasteiger partial charge >= 0.3 is 0 Å². The molecule has 1 aliphatic rings. The Balaban J connectivity index is 1.91. The van der Waals surface area contributed by atoms with Gasteiger partial charge in [-0.3, -0.25) is 4.79 Å². The summed E-state index contributed by atoms with van der Waals surface area (Å²) in [6.07, 6.45) is 1.40. The standard InChI is InChI=1S/C17H28N2O2S/c1-13-6-7-14(22-13)10-18-11-17(21)8-5-9-19(15(17)20)12-16(2,3)4/h6-7,18,21H,5,8-12H2,1-4H3/t17-/m0/s1. The van der Waals surface area contributed by atoms with Crippen LogP contribution in [-0.4, -0.2) is 41.1 Å². The Morgan fingerprint density at radius 3 is 2.73 bits per heavy atom. The van der Waals surface area contributed by atoms with Crippen molar-refractivity contribution >= 4 is 17.2 Å². The van der Waals surface area contributed by atoms with Crippen molar-refractivity contribution in [3.63, 3.8) is 0 Å². The molecule has 22 heavy (non-hydrogen) atoms. The number of nitrogens with one attached hydrogen (secondary N) is 1. The lowest BCUT2D eigenvalue weighted by molar-refractivity contribution is -0.158. The fourth-order valence-corrected chi connectivity index (χ4v) is 3.79. The first kappa shape index (κ1) is 17.4. The molecule has 0 bridgehead atoms. The van der Waals surface area contributed by atoms with Crippen molar-refractivity contribution in [1.82, 2.24) is 10.2 Å². The number of hydrogen-bond acceptors (Lipinski definition) is 4. The van der Waals surface area contributed by atoms with E-state index in [0.29, 0.717) is 26.1 Å². The van der Waals surface area contributed by atoms with E-state index in [0.717, 1.165) is 13.0 Å². The molecule has 0 saturated carbocycles. The first-order valence-corrected chi connectivity index (χ1v) is 8.79. The zero-order valence-electron chi connectivity index (χ0n) is 14.1. The highest BCUT2D eigenvalue weighted by Crippen LogP contribution is 2.26. The summed E-state index contributed by atoms with van der Waals surface area (Å²) in [5, 5.41) is 14.0. The molecule has 0 radical (unpaired) electrons. The predicted octanol–water partition coefficient (Wildman–Crippen LogP) is 2.55. The molecule has 4 nitrogen and oxygen atoms in total. The van der Waals surface area contributed by atoms with Crippen LogP contribution in [0.4, 0.5) is 0 Å². The number of piperidine rings is 1. The Morgan fingerprint density at radius 1 is 1.41 bits per heavy atom. The van der Waals surface area contributed by atoms with Gasteiger partial charge in [-0.15, -0.1) is 11.3 Å². The van der Waals surface area contributed by atoms with Crippen molar-refractivity contribution in [2.45, 2.75) is 52.7 Å². The smallest absolute Gasteiger partial charge is 0.255 e. The van der Waals surface area contributed by atoms with E-state index >= 15 is 0 Å². The number of aliphatic hydroxyl groups is 1. The molecule has 1 saturated heterocycles. The maximum absolute atomic E-state index is 12.6. The summed E-state index contributed by atoms with van der Waals surface area (Å²) in [7, 11) is 0. The predicted molar refractivity (Wildman–Crippen MR) is 91.0 cm³/mol. The molecule has 1 aliphatic heterocycles. The van der Waals surface area contributed by atoms with E-state index in [1.165, 1.54) is 9.75 Å². The number of hydrogen-bond donors (Lipinski definition) is 2. The summed E-state index contributed by atoms with van der Waals surface area (Å²) < 4.78 is 0. The minimum atomic E-state index is -1.25. The van der Waals surface area contributed by atoms with Crippen LogP contribution < -0.4 is 5.32 Å². The van der Waals surface area contributed by atoms with E-state index < -0.39 is 5.60 Å². The molecular formula is C17H28N2O2S. The molecular weight excluding hydrogens is 296 g/mol. The lowest BCUT2D eigenvalue weighted by Crippen LogP contribution is -2.59. The zero-order valence-corrected chi connectivity index (χ0v) is 14.9. The van der Waals surface area contributed by atoms with E-state index in [1.807, 2.05) is 4.90 Å². The van der Waals surface area contributed by atoms with Gasteiger partial charge in [0.1, 0.15) is 0 Å². The average Bonchev–Trinajstić information content (AvgIpc) is 2.80. The zero-order chi connectivity index (χ0) is 16.4. The average molecular weight is 324 g/mol. The Hall–Kier alpha value is -0.910. The molecule has 2 rings (SSSR count). The fourth-order valence-electron chi connectivity index (χ4n) is 2.93. The molecule has 2 N–H and O–H groups in total. The molecule has 0 aromatic carbocycles. The third-order valence-electron chi connectivity index (χ3n) is 3.88. The molecule has 0 unspecified atom stereocenters.